The molecule has 1 rings (SSSR count). The van der Waals surface area contributed by atoms with E-state index in [4.69, 9.17) is 15.7 Å². The molecule has 19 heavy (non-hydrogen) atoms. The summed E-state index contributed by atoms with van der Waals surface area (Å²) in [6.07, 6.45) is 1.16. The van der Waals surface area contributed by atoms with Crippen molar-refractivity contribution in [2.24, 2.45) is 10.9 Å². The van der Waals surface area contributed by atoms with Crippen molar-refractivity contribution in [3.05, 3.63) is 29.3 Å². The van der Waals surface area contributed by atoms with E-state index in [0.29, 0.717) is 12.3 Å². The molecule has 1 unspecified atom stereocenters. The Hall–Kier alpha value is -1.71. The summed E-state index contributed by atoms with van der Waals surface area (Å²) in [6.45, 7) is 8.36. The molecule has 0 aliphatic heterocycles. The molecule has 1 atom stereocenters. The van der Waals surface area contributed by atoms with Gasteiger partial charge in [-0.3, -0.25) is 0 Å². The smallest absolute Gasteiger partial charge is 0.142 e. The summed E-state index contributed by atoms with van der Waals surface area (Å²) in [7, 11) is 0. The second-order valence-electron chi connectivity index (χ2n) is 5.12. The van der Waals surface area contributed by atoms with E-state index in [-0.39, 0.29) is 11.9 Å². The van der Waals surface area contributed by atoms with Gasteiger partial charge < -0.3 is 15.7 Å². The third kappa shape index (κ3) is 4.47. The first-order chi connectivity index (χ1) is 8.97. The lowest BCUT2D eigenvalue weighted by Gasteiger charge is -2.19. The van der Waals surface area contributed by atoms with Gasteiger partial charge in [0.2, 0.25) is 0 Å². The minimum Gasteiger partial charge on any atom is -0.490 e. The van der Waals surface area contributed by atoms with Crippen LogP contribution >= 0.6 is 0 Å². The Kier molecular flexibility index (Phi) is 5.67. The van der Waals surface area contributed by atoms with Crippen LogP contribution in [-0.2, 0) is 0 Å². The van der Waals surface area contributed by atoms with Gasteiger partial charge in [-0.1, -0.05) is 38.1 Å². The molecule has 3 N–H and O–H groups in total. The van der Waals surface area contributed by atoms with Crippen LogP contribution in [0.25, 0.3) is 0 Å². The zero-order valence-electron chi connectivity index (χ0n) is 12.2. The maximum atomic E-state index is 8.62. The first kappa shape index (κ1) is 15.3. The lowest BCUT2D eigenvalue weighted by atomic mass is 10.0. The number of amidine groups is 1. The van der Waals surface area contributed by atoms with Gasteiger partial charge in [0.05, 0.1) is 0 Å². The average Bonchev–Trinajstić information content (AvgIpc) is 2.39. The van der Waals surface area contributed by atoms with E-state index in [9.17, 15) is 0 Å². The fraction of sp³-hybridized carbons (Fsp3) is 0.533. The second kappa shape index (κ2) is 7.02. The molecule has 1 aromatic carbocycles. The zero-order chi connectivity index (χ0) is 14.4. The van der Waals surface area contributed by atoms with Crippen LogP contribution < -0.4 is 10.5 Å². The highest BCUT2D eigenvalue weighted by Crippen LogP contribution is 2.26. The quantitative estimate of drug-likeness (QED) is 0.358. The van der Waals surface area contributed by atoms with Gasteiger partial charge in [0.1, 0.15) is 17.7 Å². The first-order valence-electron chi connectivity index (χ1n) is 6.71. The Bertz CT molecular complexity index is 442. The molecule has 4 nitrogen and oxygen atoms in total. The summed E-state index contributed by atoms with van der Waals surface area (Å²) in [6, 6.07) is 6.27. The van der Waals surface area contributed by atoms with Crippen molar-refractivity contribution in [1.29, 1.82) is 0 Å². The summed E-state index contributed by atoms with van der Waals surface area (Å²) in [5.41, 5.74) is 7.89. The largest absolute Gasteiger partial charge is 0.490 e. The highest BCUT2D eigenvalue weighted by Gasteiger charge is 2.13. The minimum atomic E-state index is -0.0722. The Labute approximate surface area is 115 Å². The lowest BCUT2D eigenvalue weighted by Crippen LogP contribution is -2.25. The van der Waals surface area contributed by atoms with E-state index in [1.54, 1.807) is 0 Å². The van der Waals surface area contributed by atoms with E-state index in [1.807, 2.05) is 13.8 Å². The van der Waals surface area contributed by atoms with Gasteiger partial charge in [0.25, 0.3) is 0 Å². The van der Waals surface area contributed by atoms with E-state index in [2.05, 4.69) is 37.2 Å². The molecule has 4 heteroatoms. The average molecular weight is 264 g/mol. The monoisotopic (exact) mass is 264 g/mol. The van der Waals surface area contributed by atoms with Crippen molar-refractivity contribution in [2.75, 3.05) is 0 Å². The zero-order valence-corrected chi connectivity index (χ0v) is 12.2. The maximum absolute atomic E-state index is 8.62. The number of hydrogen-bond donors (Lipinski definition) is 2. The number of ether oxygens (including phenoxy) is 1. The van der Waals surface area contributed by atoms with Gasteiger partial charge in [-0.25, -0.2) is 0 Å². The molecular weight excluding hydrogens is 240 g/mol. The van der Waals surface area contributed by atoms with Crippen LogP contribution in [-0.4, -0.2) is 17.1 Å². The summed E-state index contributed by atoms with van der Waals surface area (Å²) in [4.78, 5) is 0. The molecule has 0 heterocycles. The predicted octanol–water partition coefficient (Wildman–Crippen LogP) is 3.41. The third-order valence-corrected chi connectivity index (χ3v) is 3.19. The number of rotatable bonds is 6. The van der Waals surface area contributed by atoms with Crippen LogP contribution in [0, 0.1) is 6.92 Å². The number of aryl methyl sites for hydroxylation is 1. The standard InChI is InChI=1S/C15H24N2O2/c1-5-13(9-15(16)17-18)19-14-8-12(10(2)3)7-6-11(14)4/h6-8,10,13,18H,5,9H2,1-4H3,(H2,16,17). The van der Waals surface area contributed by atoms with Crippen LogP contribution in [0.4, 0.5) is 0 Å². The molecule has 0 amide bonds. The van der Waals surface area contributed by atoms with E-state index >= 15 is 0 Å². The molecule has 0 spiro atoms. The number of nitrogens with zero attached hydrogens (tertiary/aromatic N) is 1. The lowest BCUT2D eigenvalue weighted by molar-refractivity contribution is 0.201. The summed E-state index contributed by atoms with van der Waals surface area (Å²) in [5, 5.41) is 11.6. The molecular formula is C15H24N2O2. The topological polar surface area (TPSA) is 67.8 Å². The van der Waals surface area contributed by atoms with Crippen LogP contribution in [0.3, 0.4) is 0 Å². The number of hydrogen-bond acceptors (Lipinski definition) is 3. The number of nitrogens with two attached hydrogens (primary N) is 1. The summed E-state index contributed by atoms with van der Waals surface area (Å²) < 4.78 is 5.99. The van der Waals surface area contributed by atoms with Crippen LogP contribution in [0.5, 0.6) is 5.75 Å². The van der Waals surface area contributed by atoms with E-state index in [0.717, 1.165) is 17.7 Å². The van der Waals surface area contributed by atoms with Gasteiger partial charge in [0.15, 0.2) is 0 Å². The summed E-state index contributed by atoms with van der Waals surface area (Å²) >= 11 is 0. The summed E-state index contributed by atoms with van der Waals surface area (Å²) in [5.74, 6) is 1.54. The van der Waals surface area contributed by atoms with Gasteiger partial charge in [-0.15, -0.1) is 0 Å². The molecule has 0 aromatic heterocycles. The number of oxime groups is 1. The molecule has 0 saturated carbocycles. The fourth-order valence-electron chi connectivity index (χ4n) is 1.83. The Morgan fingerprint density at radius 2 is 2.11 bits per heavy atom. The normalized spacial score (nSPS) is 13.6. The molecule has 0 radical (unpaired) electrons. The maximum Gasteiger partial charge on any atom is 0.142 e. The molecule has 0 aliphatic rings. The highest BCUT2D eigenvalue weighted by atomic mass is 16.5. The van der Waals surface area contributed by atoms with Gasteiger partial charge in [0, 0.05) is 6.42 Å². The van der Waals surface area contributed by atoms with Crippen molar-refractivity contribution in [1.82, 2.24) is 0 Å². The first-order valence-corrected chi connectivity index (χ1v) is 6.71. The van der Waals surface area contributed by atoms with Crippen molar-refractivity contribution in [3.8, 4) is 5.75 Å². The number of benzene rings is 1. The Balaban J connectivity index is 2.87. The van der Waals surface area contributed by atoms with Gasteiger partial charge in [-0.2, -0.15) is 0 Å². The molecule has 106 valence electrons. The van der Waals surface area contributed by atoms with Crippen LogP contribution in [0.15, 0.2) is 23.4 Å². The SMILES string of the molecule is CCC(C/C(N)=N/O)Oc1cc(C(C)C)ccc1C. The fourth-order valence-corrected chi connectivity index (χ4v) is 1.83. The molecule has 0 saturated heterocycles. The minimum absolute atomic E-state index is 0.0722. The van der Waals surface area contributed by atoms with Gasteiger partial charge in [-0.05, 0) is 36.5 Å². The molecule has 0 fully saturated rings. The molecule has 1 aromatic rings. The highest BCUT2D eigenvalue weighted by molar-refractivity contribution is 5.80. The van der Waals surface area contributed by atoms with E-state index < -0.39 is 0 Å². The van der Waals surface area contributed by atoms with Crippen LogP contribution in [0.2, 0.25) is 0 Å². The van der Waals surface area contributed by atoms with Crippen molar-refractivity contribution < 1.29 is 9.94 Å². The van der Waals surface area contributed by atoms with E-state index in [1.165, 1.54) is 5.56 Å². The third-order valence-electron chi connectivity index (χ3n) is 3.19. The van der Waals surface area contributed by atoms with Crippen molar-refractivity contribution >= 4 is 5.84 Å². The van der Waals surface area contributed by atoms with Crippen LogP contribution in [0.1, 0.15) is 50.7 Å². The second-order valence-corrected chi connectivity index (χ2v) is 5.12. The van der Waals surface area contributed by atoms with Gasteiger partial charge >= 0.3 is 0 Å². The van der Waals surface area contributed by atoms with Crippen molar-refractivity contribution in [3.63, 3.8) is 0 Å². The molecule has 0 aliphatic carbocycles. The predicted molar refractivity (Wildman–Crippen MR) is 78.0 cm³/mol. The molecule has 0 bridgehead atoms. The Morgan fingerprint density at radius 3 is 2.63 bits per heavy atom. The Morgan fingerprint density at radius 1 is 1.42 bits per heavy atom. The van der Waals surface area contributed by atoms with Crippen molar-refractivity contribution in [2.45, 2.75) is 52.6 Å².